The summed E-state index contributed by atoms with van der Waals surface area (Å²) in [5, 5.41) is 4.55. The summed E-state index contributed by atoms with van der Waals surface area (Å²) >= 11 is 0. The van der Waals surface area contributed by atoms with Gasteiger partial charge in [-0.1, -0.05) is 72.8 Å². The number of anilines is 1. The molecule has 3 aromatic carbocycles. The molecule has 30 heavy (non-hydrogen) atoms. The minimum Gasteiger partial charge on any atom is -0.365 e. The summed E-state index contributed by atoms with van der Waals surface area (Å²) in [4.78, 5) is 9.26. The molecule has 1 N–H and O–H groups in total. The zero-order chi connectivity index (χ0) is 20.3. The maximum Gasteiger partial charge on any atom is 0.150 e. The van der Waals surface area contributed by atoms with Crippen LogP contribution in [0.15, 0.2) is 97.5 Å². The molecule has 2 heterocycles. The Morgan fingerprint density at radius 3 is 2.37 bits per heavy atom. The van der Waals surface area contributed by atoms with Crippen molar-refractivity contribution < 1.29 is 0 Å². The molecule has 0 amide bonds. The van der Waals surface area contributed by atoms with E-state index < -0.39 is 0 Å². The zero-order valence-corrected chi connectivity index (χ0v) is 16.8. The lowest BCUT2D eigenvalue weighted by atomic mass is 10.1. The fourth-order valence-electron chi connectivity index (χ4n) is 3.79. The molecule has 0 aliphatic rings. The van der Waals surface area contributed by atoms with Gasteiger partial charge in [0, 0.05) is 24.0 Å². The van der Waals surface area contributed by atoms with Gasteiger partial charge in [-0.15, -0.1) is 0 Å². The molecule has 0 radical (unpaired) electrons. The van der Waals surface area contributed by atoms with Crippen LogP contribution < -0.4 is 5.32 Å². The van der Waals surface area contributed by atoms with Gasteiger partial charge in [0.1, 0.15) is 12.1 Å². The quantitative estimate of drug-likeness (QED) is 0.400. The normalized spacial score (nSPS) is 11.0. The van der Waals surface area contributed by atoms with E-state index in [4.69, 9.17) is 0 Å². The third kappa shape index (κ3) is 3.44. The minimum atomic E-state index is 0.705. The van der Waals surface area contributed by atoms with Crippen LogP contribution in [-0.2, 0) is 6.54 Å². The van der Waals surface area contributed by atoms with E-state index in [2.05, 4.69) is 106 Å². The number of hydrogen-bond acceptors (Lipinski definition) is 3. The van der Waals surface area contributed by atoms with Crippen LogP contribution in [0.1, 0.15) is 11.1 Å². The van der Waals surface area contributed by atoms with Crippen LogP contribution in [0, 0.1) is 6.92 Å². The van der Waals surface area contributed by atoms with Crippen LogP contribution in [0.4, 0.5) is 5.82 Å². The van der Waals surface area contributed by atoms with Crippen molar-refractivity contribution in [1.82, 2.24) is 14.5 Å². The van der Waals surface area contributed by atoms with Gasteiger partial charge in [-0.3, -0.25) is 0 Å². The summed E-state index contributed by atoms with van der Waals surface area (Å²) in [6, 6.07) is 29.2. The fraction of sp³-hybridized carbons (Fsp3) is 0.0769. The molecule has 0 atom stereocenters. The highest BCUT2D eigenvalue weighted by atomic mass is 15.1. The van der Waals surface area contributed by atoms with Gasteiger partial charge in [-0.2, -0.15) is 0 Å². The molecule has 0 bridgehead atoms. The number of fused-ring (bicyclic) bond motifs is 1. The summed E-state index contributed by atoms with van der Waals surface area (Å²) < 4.78 is 2.15. The number of aryl methyl sites for hydroxylation is 1. The number of nitrogens with one attached hydrogen (secondary N) is 1. The third-order valence-electron chi connectivity index (χ3n) is 5.25. The van der Waals surface area contributed by atoms with E-state index in [1.54, 1.807) is 6.33 Å². The van der Waals surface area contributed by atoms with Crippen molar-refractivity contribution in [2.45, 2.75) is 13.5 Å². The van der Waals surface area contributed by atoms with Crippen molar-refractivity contribution >= 4 is 16.9 Å². The van der Waals surface area contributed by atoms with Gasteiger partial charge in [0.15, 0.2) is 5.65 Å². The first-order valence-electron chi connectivity index (χ1n) is 10.1. The molecule has 0 saturated heterocycles. The fourth-order valence-corrected chi connectivity index (χ4v) is 3.79. The Morgan fingerprint density at radius 2 is 1.60 bits per heavy atom. The lowest BCUT2D eigenvalue weighted by molar-refractivity contribution is 1.06. The van der Waals surface area contributed by atoms with E-state index in [0.717, 1.165) is 33.7 Å². The maximum atomic E-state index is 4.66. The second-order valence-electron chi connectivity index (χ2n) is 7.38. The second kappa shape index (κ2) is 7.84. The molecule has 0 saturated carbocycles. The van der Waals surface area contributed by atoms with E-state index in [-0.39, 0.29) is 0 Å². The first-order valence-corrected chi connectivity index (χ1v) is 10.1. The summed E-state index contributed by atoms with van der Waals surface area (Å²) in [5.41, 5.74) is 6.67. The topological polar surface area (TPSA) is 42.7 Å². The van der Waals surface area contributed by atoms with Crippen molar-refractivity contribution in [2.75, 3.05) is 5.32 Å². The Labute approximate surface area is 175 Å². The summed E-state index contributed by atoms with van der Waals surface area (Å²) in [6.45, 7) is 2.81. The van der Waals surface area contributed by atoms with Gasteiger partial charge in [0.25, 0.3) is 0 Å². The van der Waals surface area contributed by atoms with Gasteiger partial charge in [-0.05, 0) is 35.7 Å². The molecular weight excluding hydrogens is 368 g/mol. The Bertz CT molecular complexity index is 1290. The van der Waals surface area contributed by atoms with Crippen LogP contribution in [0.2, 0.25) is 0 Å². The lowest BCUT2D eigenvalue weighted by Crippen LogP contribution is -2.03. The molecule has 146 valence electrons. The molecule has 5 aromatic rings. The van der Waals surface area contributed by atoms with E-state index in [1.807, 2.05) is 12.1 Å². The molecule has 4 nitrogen and oxygen atoms in total. The van der Waals surface area contributed by atoms with Crippen molar-refractivity contribution in [3.63, 3.8) is 0 Å². The van der Waals surface area contributed by atoms with Gasteiger partial charge < -0.3 is 9.88 Å². The first-order chi connectivity index (χ1) is 14.8. The third-order valence-corrected chi connectivity index (χ3v) is 5.25. The van der Waals surface area contributed by atoms with Crippen LogP contribution in [0.5, 0.6) is 0 Å². The van der Waals surface area contributed by atoms with E-state index in [1.165, 1.54) is 11.1 Å². The van der Waals surface area contributed by atoms with Gasteiger partial charge in [-0.25, -0.2) is 9.97 Å². The van der Waals surface area contributed by atoms with Gasteiger partial charge in [0.2, 0.25) is 0 Å². The zero-order valence-electron chi connectivity index (χ0n) is 16.8. The summed E-state index contributed by atoms with van der Waals surface area (Å²) in [7, 11) is 0. The van der Waals surface area contributed by atoms with E-state index >= 15 is 0 Å². The summed E-state index contributed by atoms with van der Waals surface area (Å²) in [5.74, 6) is 0.842. The predicted octanol–water partition coefficient (Wildman–Crippen LogP) is 6.01. The molecule has 0 fully saturated rings. The first kappa shape index (κ1) is 18.1. The number of nitrogens with zero attached hydrogens (tertiary/aromatic N) is 3. The van der Waals surface area contributed by atoms with Gasteiger partial charge in [0.05, 0.1) is 5.39 Å². The molecule has 2 aromatic heterocycles. The molecule has 0 unspecified atom stereocenters. The highest BCUT2D eigenvalue weighted by Crippen LogP contribution is 2.35. The maximum absolute atomic E-state index is 4.66. The molecule has 4 heteroatoms. The smallest absolute Gasteiger partial charge is 0.150 e. The van der Waals surface area contributed by atoms with Crippen molar-refractivity contribution in [3.8, 4) is 16.8 Å². The molecule has 0 aliphatic carbocycles. The highest BCUT2D eigenvalue weighted by Gasteiger charge is 2.17. The van der Waals surface area contributed by atoms with Crippen molar-refractivity contribution in [3.05, 3.63) is 109 Å². The van der Waals surface area contributed by atoms with E-state index in [0.29, 0.717) is 6.54 Å². The van der Waals surface area contributed by atoms with E-state index in [9.17, 15) is 0 Å². The predicted molar refractivity (Wildman–Crippen MR) is 123 cm³/mol. The number of hydrogen-bond donors (Lipinski definition) is 1. The Kier molecular flexibility index (Phi) is 4.74. The minimum absolute atomic E-state index is 0.705. The van der Waals surface area contributed by atoms with Crippen LogP contribution in [-0.4, -0.2) is 14.5 Å². The number of benzene rings is 3. The molecular formula is C26H22N4. The van der Waals surface area contributed by atoms with Gasteiger partial charge >= 0.3 is 0 Å². The number of rotatable bonds is 5. The largest absolute Gasteiger partial charge is 0.365 e. The lowest BCUT2D eigenvalue weighted by Gasteiger charge is -2.09. The van der Waals surface area contributed by atoms with Crippen LogP contribution >= 0.6 is 0 Å². The van der Waals surface area contributed by atoms with Crippen molar-refractivity contribution in [2.24, 2.45) is 0 Å². The SMILES string of the molecule is Cc1cccc(-n2cc(-c3ccccc3)c3c(NCc4ccccc4)ncnc32)c1. The monoisotopic (exact) mass is 390 g/mol. The Balaban J connectivity index is 1.68. The average molecular weight is 390 g/mol. The average Bonchev–Trinajstić information content (AvgIpc) is 3.19. The van der Waals surface area contributed by atoms with Crippen LogP contribution in [0.3, 0.4) is 0 Å². The Morgan fingerprint density at radius 1 is 0.833 bits per heavy atom. The molecule has 0 aliphatic heterocycles. The number of aromatic nitrogens is 3. The highest BCUT2D eigenvalue weighted by molar-refractivity contribution is 6.02. The molecule has 0 spiro atoms. The Hall–Kier alpha value is -3.92. The molecule has 5 rings (SSSR count). The summed E-state index contributed by atoms with van der Waals surface area (Å²) in [6.07, 6.45) is 3.80. The van der Waals surface area contributed by atoms with Crippen molar-refractivity contribution in [1.29, 1.82) is 0 Å². The van der Waals surface area contributed by atoms with Crippen LogP contribution in [0.25, 0.3) is 27.8 Å². The second-order valence-corrected chi connectivity index (χ2v) is 7.38. The standard InChI is InChI=1S/C26H22N4/c1-19-9-8-14-22(15-19)30-17-23(21-12-6-3-7-13-21)24-25(28-18-29-26(24)30)27-16-20-10-4-2-5-11-20/h2-15,17-18H,16H2,1H3,(H,27,28,29).